The molecule has 0 aliphatic heterocycles. The number of rotatable bonds is 5. The largest absolute Gasteiger partial charge is 0.322 e. The van der Waals surface area contributed by atoms with Crippen LogP contribution in [-0.4, -0.2) is 10.1 Å². The Bertz CT molecular complexity index is 996. The zero-order valence-corrected chi connectivity index (χ0v) is 18.5. The Morgan fingerprint density at radius 2 is 1.52 bits per heavy atom. The summed E-state index contributed by atoms with van der Waals surface area (Å²) in [4.78, 5) is 13.3. The second kappa shape index (κ2) is 9.01. The van der Waals surface area contributed by atoms with E-state index in [4.69, 9.17) is 11.6 Å². The molecule has 0 fully saturated rings. The number of carbonyl (C=O) groups excluding carboxylic acids is 1. The number of amides is 1. The number of anilines is 2. The van der Waals surface area contributed by atoms with Crippen LogP contribution in [-0.2, 0) is 11.0 Å². The quantitative estimate of drug-likeness (QED) is 0.411. The molecule has 0 saturated carbocycles. The van der Waals surface area contributed by atoms with E-state index in [9.17, 15) is 9.00 Å². The third kappa shape index (κ3) is 5.42. The Hall–Kier alpha value is -1.67. The van der Waals surface area contributed by atoms with Crippen LogP contribution in [0.5, 0.6) is 0 Å². The van der Waals surface area contributed by atoms with Crippen molar-refractivity contribution in [3.05, 3.63) is 86.3 Å². The number of carbonyl (C=O) groups is 1. The van der Waals surface area contributed by atoms with E-state index < -0.39 is 11.0 Å². The van der Waals surface area contributed by atoms with Gasteiger partial charge in [-0.25, -0.2) is 4.21 Å². The highest BCUT2D eigenvalue weighted by molar-refractivity contribution is 9.10. The molecular weight excluding hydrogens is 516 g/mol. The van der Waals surface area contributed by atoms with Crippen LogP contribution in [0, 0.1) is 0 Å². The van der Waals surface area contributed by atoms with Crippen molar-refractivity contribution in [2.24, 2.45) is 0 Å². The summed E-state index contributed by atoms with van der Waals surface area (Å²) >= 11 is 12.6. The predicted molar refractivity (Wildman–Crippen MR) is 118 cm³/mol. The first-order chi connectivity index (χ1) is 12.9. The van der Waals surface area contributed by atoms with E-state index in [0.29, 0.717) is 26.9 Å². The standard InChI is InChI=1S/C19H13Br2ClN2O2S/c20-12-1-6-15(7-2-12)23-19(25)17-11-13(21)3-10-18(17)24-27(26)16-8-4-14(22)5-9-16/h1-11,24H,(H,23,25). The number of hydrogen-bond donors (Lipinski definition) is 2. The molecule has 0 saturated heterocycles. The maximum absolute atomic E-state index is 12.7. The molecule has 0 aromatic heterocycles. The van der Waals surface area contributed by atoms with Crippen LogP contribution in [0.1, 0.15) is 10.4 Å². The van der Waals surface area contributed by atoms with Crippen molar-refractivity contribution < 1.29 is 9.00 Å². The molecule has 0 aliphatic carbocycles. The zero-order valence-electron chi connectivity index (χ0n) is 13.7. The molecule has 1 amide bonds. The highest BCUT2D eigenvalue weighted by atomic mass is 79.9. The Kier molecular flexibility index (Phi) is 6.70. The topological polar surface area (TPSA) is 58.2 Å². The average Bonchev–Trinajstić information content (AvgIpc) is 2.65. The average molecular weight is 529 g/mol. The van der Waals surface area contributed by atoms with E-state index in [1.54, 1.807) is 54.6 Å². The molecule has 3 aromatic carbocycles. The van der Waals surface area contributed by atoms with Gasteiger partial charge in [-0.1, -0.05) is 43.5 Å². The summed E-state index contributed by atoms with van der Waals surface area (Å²) in [6, 6.07) is 19.1. The van der Waals surface area contributed by atoms with Gasteiger partial charge >= 0.3 is 0 Å². The van der Waals surface area contributed by atoms with Gasteiger partial charge in [-0.2, -0.15) is 0 Å². The lowest BCUT2D eigenvalue weighted by atomic mass is 10.1. The Labute approximate surface area is 181 Å². The highest BCUT2D eigenvalue weighted by Crippen LogP contribution is 2.25. The summed E-state index contributed by atoms with van der Waals surface area (Å²) in [5, 5.41) is 3.40. The predicted octanol–water partition coefficient (Wildman–Crippen LogP) is 6.25. The lowest BCUT2D eigenvalue weighted by molar-refractivity contribution is 0.102. The SMILES string of the molecule is O=C(Nc1ccc(Br)cc1)c1cc(Br)ccc1NS(=O)c1ccc(Cl)cc1. The summed E-state index contributed by atoms with van der Waals surface area (Å²) < 4.78 is 17.1. The highest BCUT2D eigenvalue weighted by Gasteiger charge is 2.15. The Morgan fingerprint density at radius 1 is 0.889 bits per heavy atom. The molecule has 0 heterocycles. The lowest BCUT2D eigenvalue weighted by Crippen LogP contribution is -2.16. The molecule has 0 spiro atoms. The van der Waals surface area contributed by atoms with Gasteiger partial charge in [-0.3, -0.25) is 4.79 Å². The maximum atomic E-state index is 12.7. The number of halogens is 3. The van der Waals surface area contributed by atoms with E-state index in [2.05, 4.69) is 41.9 Å². The molecule has 1 atom stereocenters. The minimum absolute atomic E-state index is 0.311. The van der Waals surface area contributed by atoms with Gasteiger partial charge in [0.2, 0.25) is 0 Å². The molecule has 2 N–H and O–H groups in total. The van der Waals surface area contributed by atoms with Crippen LogP contribution in [0.15, 0.2) is 80.6 Å². The maximum Gasteiger partial charge on any atom is 0.257 e. The third-order valence-electron chi connectivity index (χ3n) is 3.56. The van der Waals surface area contributed by atoms with Gasteiger partial charge in [0.05, 0.1) is 16.1 Å². The zero-order chi connectivity index (χ0) is 19.4. The fourth-order valence-electron chi connectivity index (χ4n) is 2.24. The van der Waals surface area contributed by atoms with Crippen LogP contribution in [0.2, 0.25) is 5.02 Å². The van der Waals surface area contributed by atoms with Crippen LogP contribution < -0.4 is 10.0 Å². The van der Waals surface area contributed by atoms with Crippen molar-refractivity contribution in [3.8, 4) is 0 Å². The van der Waals surface area contributed by atoms with Crippen LogP contribution >= 0.6 is 43.5 Å². The third-order valence-corrected chi connectivity index (χ3v) is 5.94. The Morgan fingerprint density at radius 3 is 2.19 bits per heavy atom. The minimum atomic E-state index is -1.54. The molecule has 3 aromatic rings. The van der Waals surface area contributed by atoms with E-state index >= 15 is 0 Å². The number of nitrogens with one attached hydrogen (secondary N) is 2. The van der Waals surface area contributed by atoms with Crippen molar-refractivity contribution in [2.45, 2.75) is 4.90 Å². The van der Waals surface area contributed by atoms with Gasteiger partial charge in [0.25, 0.3) is 5.91 Å². The minimum Gasteiger partial charge on any atom is -0.322 e. The monoisotopic (exact) mass is 526 g/mol. The van der Waals surface area contributed by atoms with Crippen molar-refractivity contribution in [2.75, 3.05) is 10.0 Å². The van der Waals surface area contributed by atoms with Crippen LogP contribution in [0.4, 0.5) is 11.4 Å². The molecule has 0 radical (unpaired) electrons. The van der Waals surface area contributed by atoms with Gasteiger partial charge in [-0.15, -0.1) is 0 Å². The van der Waals surface area contributed by atoms with Gasteiger partial charge < -0.3 is 10.0 Å². The Balaban J connectivity index is 1.83. The van der Waals surface area contributed by atoms with Crippen molar-refractivity contribution >= 4 is 71.7 Å². The summed E-state index contributed by atoms with van der Waals surface area (Å²) in [7, 11) is -1.54. The fraction of sp³-hybridized carbons (Fsp3) is 0. The van der Waals surface area contributed by atoms with Gasteiger partial charge in [0.1, 0.15) is 11.0 Å². The molecule has 3 rings (SSSR count). The first-order valence-corrected chi connectivity index (χ1v) is 10.8. The first kappa shape index (κ1) is 20.1. The molecule has 0 aliphatic rings. The molecule has 1 unspecified atom stereocenters. The normalized spacial score (nSPS) is 11.7. The molecule has 138 valence electrons. The van der Waals surface area contributed by atoms with E-state index in [1.807, 2.05) is 12.1 Å². The number of hydrogen-bond acceptors (Lipinski definition) is 2. The molecular formula is C19H13Br2ClN2O2S. The van der Waals surface area contributed by atoms with E-state index in [0.717, 1.165) is 8.95 Å². The first-order valence-electron chi connectivity index (χ1n) is 7.73. The van der Waals surface area contributed by atoms with E-state index in [1.165, 1.54) is 0 Å². The van der Waals surface area contributed by atoms with Gasteiger partial charge in [-0.05, 0) is 66.7 Å². The summed E-state index contributed by atoms with van der Waals surface area (Å²) in [6.07, 6.45) is 0. The summed E-state index contributed by atoms with van der Waals surface area (Å²) in [5.74, 6) is -0.311. The summed E-state index contributed by atoms with van der Waals surface area (Å²) in [6.45, 7) is 0. The van der Waals surface area contributed by atoms with Gasteiger partial charge in [0.15, 0.2) is 0 Å². The molecule has 27 heavy (non-hydrogen) atoms. The van der Waals surface area contributed by atoms with Gasteiger partial charge in [0, 0.05) is 19.7 Å². The summed E-state index contributed by atoms with van der Waals surface area (Å²) in [5.41, 5.74) is 1.49. The van der Waals surface area contributed by atoms with E-state index in [-0.39, 0.29) is 5.91 Å². The second-order valence-corrected chi connectivity index (χ2v) is 8.96. The van der Waals surface area contributed by atoms with Crippen molar-refractivity contribution in [3.63, 3.8) is 0 Å². The van der Waals surface area contributed by atoms with Crippen LogP contribution in [0.3, 0.4) is 0 Å². The van der Waals surface area contributed by atoms with Crippen molar-refractivity contribution in [1.82, 2.24) is 0 Å². The molecule has 4 nitrogen and oxygen atoms in total. The lowest BCUT2D eigenvalue weighted by Gasteiger charge is -2.13. The number of benzene rings is 3. The second-order valence-electron chi connectivity index (χ2n) is 5.48. The molecule has 8 heteroatoms. The van der Waals surface area contributed by atoms with Crippen LogP contribution in [0.25, 0.3) is 0 Å². The smallest absolute Gasteiger partial charge is 0.257 e. The van der Waals surface area contributed by atoms with Crippen molar-refractivity contribution in [1.29, 1.82) is 0 Å². The fourth-order valence-corrected chi connectivity index (χ4v) is 3.87. The molecule has 0 bridgehead atoms.